The summed E-state index contributed by atoms with van der Waals surface area (Å²) in [5, 5.41) is 24.2. The highest BCUT2D eigenvalue weighted by molar-refractivity contribution is 5.96. The first-order chi connectivity index (χ1) is 15.8. The molecular weight excluding hydrogens is 428 g/mol. The van der Waals surface area contributed by atoms with Crippen LogP contribution in [0.2, 0.25) is 0 Å². The zero-order valence-corrected chi connectivity index (χ0v) is 17.7. The second-order valence-corrected chi connectivity index (χ2v) is 7.53. The number of carbonyl (C=O) groups excluding carboxylic acids is 1. The molecule has 1 unspecified atom stereocenters. The molecule has 1 aliphatic rings. The molecule has 0 aliphatic carbocycles. The first-order valence-electron chi connectivity index (χ1n) is 10.1. The molecule has 0 aromatic heterocycles. The number of rotatable bonds is 5. The minimum absolute atomic E-state index is 0.136. The van der Waals surface area contributed by atoms with Crippen molar-refractivity contribution in [3.05, 3.63) is 110 Å². The van der Waals surface area contributed by atoms with E-state index < -0.39 is 33.3 Å². The van der Waals surface area contributed by atoms with Crippen molar-refractivity contribution in [2.24, 2.45) is 0 Å². The van der Waals surface area contributed by atoms with Gasteiger partial charge in [-0.1, -0.05) is 48.0 Å². The van der Waals surface area contributed by atoms with Crippen LogP contribution < -0.4 is 5.06 Å². The fourth-order valence-electron chi connectivity index (χ4n) is 3.71. The Balaban J connectivity index is 1.79. The van der Waals surface area contributed by atoms with Gasteiger partial charge in [0.05, 0.1) is 33.8 Å². The molecule has 0 bridgehead atoms. The highest BCUT2D eigenvalue weighted by Gasteiger charge is 2.36. The summed E-state index contributed by atoms with van der Waals surface area (Å²) in [7, 11) is 0. The van der Waals surface area contributed by atoms with Gasteiger partial charge >= 0.3 is 0 Å². The molecule has 10 heteroatoms. The Morgan fingerprint density at radius 2 is 1.55 bits per heavy atom. The maximum Gasteiger partial charge on any atom is 0.277 e. The lowest BCUT2D eigenvalue weighted by Gasteiger charge is -2.44. The maximum absolute atomic E-state index is 13.6. The van der Waals surface area contributed by atoms with Crippen molar-refractivity contribution < 1.29 is 19.5 Å². The van der Waals surface area contributed by atoms with Gasteiger partial charge in [-0.05, 0) is 24.6 Å². The highest BCUT2D eigenvalue weighted by atomic mass is 16.7. The number of anilines is 1. The Morgan fingerprint density at radius 1 is 0.939 bits per heavy atom. The lowest BCUT2D eigenvalue weighted by atomic mass is 10.1. The van der Waals surface area contributed by atoms with Crippen molar-refractivity contribution in [3.8, 4) is 0 Å². The van der Waals surface area contributed by atoms with Crippen LogP contribution in [0.1, 0.15) is 27.7 Å². The zero-order chi connectivity index (χ0) is 23.5. The van der Waals surface area contributed by atoms with Crippen LogP contribution in [0.4, 0.5) is 17.1 Å². The third-order valence-corrected chi connectivity index (χ3v) is 5.30. The SMILES string of the molecule is Cc1ccc(N2OCCN(C(=O)c3cc([N+](=O)[O-])cc([N+](=O)[O-])c3)C2c2ccccc2)cc1. The number of aryl methyl sites for hydroxylation is 1. The van der Waals surface area contributed by atoms with Crippen LogP contribution in [0.5, 0.6) is 0 Å². The molecule has 0 radical (unpaired) electrons. The molecule has 33 heavy (non-hydrogen) atoms. The molecule has 1 heterocycles. The molecule has 10 nitrogen and oxygen atoms in total. The number of carbonyl (C=O) groups is 1. The highest BCUT2D eigenvalue weighted by Crippen LogP contribution is 2.35. The molecule has 1 fully saturated rings. The van der Waals surface area contributed by atoms with Gasteiger partial charge in [-0.3, -0.25) is 29.9 Å². The van der Waals surface area contributed by atoms with E-state index >= 15 is 0 Å². The normalized spacial score (nSPS) is 15.8. The smallest absolute Gasteiger partial charge is 0.277 e. The predicted molar refractivity (Wildman–Crippen MR) is 120 cm³/mol. The van der Waals surface area contributed by atoms with E-state index in [4.69, 9.17) is 4.84 Å². The third kappa shape index (κ3) is 4.51. The van der Waals surface area contributed by atoms with Crippen LogP contribution in [0.3, 0.4) is 0 Å². The van der Waals surface area contributed by atoms with Crippen LogP contribution in [0.25, 0.3) is 0 Å². The molecule has 1 atom stereocenters. The monoisotopic (exact) mass is 448 g/mol. The van der Waals surface area contributed by atoms with Gasteiger partial charge in [0.15, 0.2) is 6.17 Å². The molecular formula is C23H20N4O6. The average Bonchev–Trinajstić information content (AvgIpc) is 2.83. The standard InChI is InChI=1S/C23H20N4O6/c1-16-7-9-19(10-8-16)25-22(17-5-3-2-4-6-17)24(11-12-33-25)23(28)18-13-20(26(29)30)15-21(14-18)27(31)32/h2-10,13-15,22H,11-12H2,1H3. The predicted octanol–water partition coefficient (Wildman–Crippen LogP) is 4.40. The Kier molecular flexibility index (Phi) is 6.01. The lowest BCUT2D eigenvalue weighted by Crippen LogP contribution is -2.51. The van der Waals surface area contributed by atoms with Crippen molar-refractivity contribution in [1.82, 2.24) is 4.90 Å². The zero-order valence-electron chi connectivity index (χ0n) is 17.7. The van der Waals surface area contributed by atoms with Gasteiger partial charge in [0.1, 0.15) is 0 Å². The van der Waals surface area contributed by atoms with E-state index in [1.54, 1.807) is 5.06 Å². The fourth-order valence-corrected chi connectivity index (χ4v) is 3.71. The number of nitrogens with zero attached hydrogens (tertiary/aromatic N) is 4. The summed E-state index contributed by atoms with van der Waals surface area (Å²) < 4.78 is 0. The van der Waals surface area contributed by atoms with Crippen LogP contribution in [-0.4, -0.2) is 33.8 Å². The van der Waals surface area contributed by atoms with Crippen molar-refractivity contribution in [1.29, 1.82) is 0 Å². The third-order valence-electron chi connectivity index (χ3n) is 5.30. The van der Waals surface area contributed by atoms with Crippen LogP contribution in [-0.2, 0) is 4.84 Å². The largest absolute Gasteiger partial charge is 0.310 e. The summed E-state index contributed by atoms with van der Waals surface area (Å²) in [6, 6.07) is 19.7. The van der Waals surface area contributed by atoms with Crippen molar-refractivity contribution in [3.63, 3.8) is 0 Å². The van der Waals surface area contributed by atoms with Gasteiger partial charge in [-0.15, -0.1) is 0 Å². The molecule has 0 spiro atoms. The second-order valence-electron chi connectivity index (χ2n) is 7.53. The van der Waals surface area contributed by atoms with E-state index in [2.05, 4.69) is 0 Å². The number of non-ortho nitro benzene ring substituents is 2. The van der Waals surface area contributed by atoms with Crippen LogP contribution in [0, 0.1) is 27.2 Å². The van der Waals surface area contributed by atoms with Gasteiger partial charge in [0.2, 0.25) is 0 Å². The minimum atomic E-state index is -0.754. The topological polar surface area (TPSA) is 119 Å². The van der Waals surface area contributed by atoms with E-state index in [1.807, 2.05) is 61.5 Å². The first-order valence-corrected chi connectivity index (χ1v) is 10.1. The molecule has 0 N–H and O–H groups in total. The van der Waals surface area contributed by atoms with E-state index in [0.717, 1.165) is 35.0 Å². The summed E-state index contributed by atoms with van der Waals surface area (Å²) in [4.78, 5) is 42.1. The van der Waals surface area contributed by atoms with Crippen molar-refractivity contribution >= 4 is 23.0 Å². The molecule has 3 aromatic rings. The van der Waals surface area contributed by atoms with Gasteiger partial charge in [-0.2, -0.15) is 0 Å². The van der Waals surface area contributed by atoms with Crippen LogP contribution in [0.15, 0.2) is 72.8 Å². The Hall–Kier alpha value is -4.31. The molecule has 1 aliphatic heterocycles. The van der Waals surface area contributed by atoms with E-state index in [0.29, 0.717) is 0 Å². The summed E-state index contributed by atoms with van der Waals surface area (Å²) in [5.41, 5.74) is 1.36. The van der Waals surface area contributed by atoms with Crippen LogP contribution >= 0.6 is 0 Å². The number of amides is 1. The Bertz CT molecular complexity index is 1170. The summed E-state index contributed by atoms with van der Waals surface area (Å²) in [6.45, 7) is 2.33. The van der Waals surface area contributed by atoms with E-state index in [-0.39, 0.29) is 18.7 Å². The van der Waals surface area contributed by atoms with Crippen molar-refractivity contribution in [2.45, 2.75) is 13.1 Å². The first kappa shape index (κ1) is 21.9. The Labute approximate surface area is 188 Å². The second kappa shape index (κ2) is 9.05. The average molecular weight is 448 g/mol. The van der Waals surface area contributed by atoms with E-state index in [1.165, 1.54) is 4.90 Å². The van der Waals surface area contributed by atoms with Gasteiger partial charge < -0.3 is 4.90 Å². The quantitative estimate of drug-likeness (QED) is 0.419. The lowest BCUT2D eigenvalue weighted by molar-refractivity contribution is -0.394. The summed E-state index contributed by atoms with van der Waals surface area (Å²) in [6.07, 6.45) is -0.687. The Morgan fingerprint density at radius 3 is 2.12 bits per heavy atom. The maximum atomic E-state index is 13.6. The number of nitro groups is 2. The number of hydroxylamine groups is 1. The summed E-state index contributed by atoms with van der Waals surface area (Å²) in [5.74, 6) is -0.573. The van der Waals surface area contributed by atoms with E-state index in [9.17, 15) is 25.0 Å². The number of benzene rings is 3. The molecule has 3 aromatic carbocycles. The fraction of sp³-hybridized carbons (Fsp3) is 0.174. The molecule has 0 saturated carbocycles. The minimum Gasteiger partial charge on any atom is -0.310 e. The van der Waals surface area contributed by atoms with Gasteiger partial charge in [0, 0.05) is 18.7 Å². The van der Waals surface area contributed by atoms with Gasteiger partial charge in [-0.25, -0.2) is 5.06 Å². The van der Waals surface area contributed by atoms with Crippen molar-refractivity contribution in [2.75, 3.05) is 18.2 Å². The molecule has 168 valence electrons. The number of nitro benzene ring substituents is 2. The number of hydrogen-bond donors (Lipinski definition) is 0. The molecule has 4 rings (SSSR count). The summed E-state index contributed by atoms with van der Waals surface area (Å²) >= 11 is 0. The molecule has 1 saturated heterocycles. The van der Waals surface area contributed by atoms with Gasteiger partial charge in [0.25, 0.3) is 17.3 Å². The molecule has 1 amide bonds. The number of hydrogen-bond acceptors (Lipinski definition) is 7.